The Morgan fingerprint density at radius 2 is 0.556 bits per heavy atom. The zero-order valence-electron chi connectivity index (χ0n) is 20.3. The lowest BCUT2D eigenvalue weighted by Crippen LogP contribution is -2.61. The van der Waals surface area contributed by atoms with E-state index in [1.54, 1.807) is 0 Å². The monoisotopic (exact) mass is 450 g/mol. The Balaban J connectivity index is 5.93. The maximum Gasteiger partial charge on any atom is 0.318 e. The van der Waals surface area contributed by atoms with Crippen LogP contribution in [-0.4, -0.2) is 33.8 Å². The summed E-state index contributed by atoms with van der Waals surface area (Å²) < 4.78 is 21.6. The summed E-state index contributed by atoms with van der Waals surface area (Å²) in [5, 5.41) is 0. The third kappa shape index (κ3) is 6.89. The summed E-state index contributed by atoms with van der Waals surface area (Å²) in [6.07, 6.45) is 0. The van der Waals surface area contributed by atoms with Gasteiger partial charge in [-0.15, -0.1) is 0 Å². The van der Waals surface area contributed by atoms with Gasteiger partial charge in [-0.3, -0.25) is 0 Å². The van der Waals surface area contributed by atoms with Crippen LogP contribution in [0.15, 0.2) is 0 Å². The predicted molar refractivity (Wildman–Crippen MR) is 131 cm³/mol. The molecule has 0 radical (unpaired) electrons. The molecule has 0 aromatic rings. The van der Waals surface area contributed by atoms with Crippen LogP contribution >= 0.6 is 0 Å². The Morgan fingerprint density at radius 3 is 0.704 bits per heavy atom. The summed E-state index contributed by atoms with van der Waals surface area (Å²) in [5.41, 5.74) is 0. The largest absolute Gasteiger partial charge is 0.436 e. The van der Waals surface area contributed by atoms with E-state index >= 15 is 0 Å². The van der Waals surface area contributed by atoms with Crippen molar-refractivity contribution in [2.45, 2.75) is 130 Å². The van der Waals surface area contributed by atoms with Gasteiger partial charge in [-0.05, 0) is 60.4 Å². The molecular formula is C20H50O3Si4. The van der Waals surface area contributed by atoms with Gasteiger partial charge < -0.3 is 12.3 Å². The Hall–Kier alpha value is 0.748. The van der Waals surface area contributed by atoms with Crippen LogP contribution in [0.2, 0.25) is 60.4 Å². The standard InChI is InChI=1S/C20H50O3Si4/c1-11-24(12-2,13-3)21-26(17-7,18-8)23-27(19-9,20-10)22-25(14-4,15-5)16-6/h11-20H2,1-10H3. The second-order valence-electron chi connectivity index (χ2n) is 8.03. The van der Waals surface area contributed by atoms with Crippen molar-refractivity contribution in [3.8, 4) is 0 Å². The van der Waals surface area contributed by atoms with Gasteiger partial charge in [0.25, 0.3) is 0 Å². The van der Waals surface area contributed by atoms with Crippen LogP contribution in [0.4, 0.5) is 0 Å². The third-order valence-corrected chi connectivity index (χ3v) is 28.7. The molecular weight excluding hydrogens is 401 g/mol. The van der Waals surface area contributed by atoms with Crippen molar-refractivity contribution in [2.75, 3.05) is 0 Å². The van der Waals surface area contributed by atoms with Crippen molar-refractivity contribution in [3.05, 3.63) is 0 Å². The highest BCUT2D eigenvalue weighted by molar-refractivity contribution is 6.91. The first-order valence-corrected chi connectivity index (χ1v) is 21.4. The highest BCUT2D eigenvalue weighted by atomic mass is 28.5. The van der Waals surface area contributed by atoms with Gasteiger partial charge in [0, 0.05) is 0 Å². The van der Waals surface area contributed by atoms with E-state index in [1.165, 1.54) is 36.3 Å². The molecule has 0 spiro atoms. The Morgan fingerprint density at radius 1 is 0.333 bits per heavy atom. The molecule has 0 aliphatic heterocycles. The SMILES string of the molecule is CC[Si](CC)(CC)O[Si](CC)(CC)O[Si](CC)(CC)O[Si](CC)(CC)CC. The van der Waals surface area contributed by atoms with Gasteiger partial charge in [-0.1, -0.05) is 69.2 Å². The molecule has 0 aliphatic rings. The molecule has 0 heterocycles. The third-order valence-electron chi connectivity index (χ3n) is 7.20. The predicted octanol–water partition coefficient (Wildman–Crippen LogP) is 8.01. The van der Waals surface area contributed by atoms with Crippen molar-refractivity contribution in [1.29, 1.82) is 0 Å². The molecule has 0 aliphatic carbocycles. The maximum atomic E-state index is 7.25. The first-order valence-electron chi connectivity index (χ1n) is 11.8. The minimum absolute atomic E-state index is 1.05. The topological polar surface area (TPSA) is 27.7 Å². The van der Waals surface area contributed by atoms with Crippen molar-refractivity contribution in [2.24, 2.45) is 0 Å². The molecule has 0 aromatic heterocycles. The molecule has 0 rings (SSSR count). The van der Waals surface area contributed by atoms with Gasteiger partial charge in [0.15, 0.2) is 16.6 Å². The smallest absolute Gasteiger partial charge is 0.318 e. The molecule has 3 nitrogen and oxygen atoms in total. The lowest BCUT2D eigenvalue weighted by Gasteiger charge is -2.47. The van der Waals surface area contributed by atoms with Crippen LogP contribution in [0.1, 0.15) is 69.2 Å². The van der Waals surface area contributed by atoms with E-state index in [2.05, 4.69) is 69.2 Å². The molecule has 0 saturated carbocycles. The van der Waals surface area contributed by atoms with Crippen LogP contribution < -0.4 is 0 Å². The fourth-order valence-corrected chi connectivity index (χ4v) is 26.4. The van der Waals surface area contributed by atoms with E-state index in [9.17, 15) is 0 Å². The summed E-state index contributed by atoms with van der Waals surface area (Å²) >= 11 is 0. The van der Waals surface area contributed by atoms with E-state index in [1.807, 2.05) is 0 Å². The fourth-order valence-electron chi connectivity index (χ4n) is 4.18. The highest BCUT2D eigenvalue weighted by Gasteiger charge is 2.51. The van der Waals surface area contributed by atoms with Gasteiger partial charge in [0.2, 0.25) is 0 Å². The molecule has 0 N–H and O–H groups in total. The number of hydrogen-bond donors (Lipinski definition) is 0. The van der Waals surface area contributed by atoms with E-state index in [0.717, 1.165) is 24.2 Å². The number of hydrogen-bond acceptors (Lipinski definition) is 3. The quantitative estimate of drug-likeness (QED) is 0.223. The van der Waals surface area contributed by atoms with Crippen molar-refractivity contribution >= 4 is 33.8 Å². The van der Waals surface area contributed by atoms with Crippen LogP contribution in [0, 0.1) is 0 Å². The normalized spacial score (nSPS) is 14.0. The first kappa shape index (κ1) is 27.7. The first-order chi connectivity index (χ1) is 12.7. The average molecular weight is 451 g/mol. The van der Waals surface area contributed by atoms with Crippen molar-refractivity contribution in [1.82, 2.24) is 0 Å². The second kappa shape index (κ2) is 12.4. The summed E-state index contributed by atoms with van der Waals surface area (Å²) in [5.74, 6) is 0. The number of rotatable bonds is 16. The molecule has 7 heteroatoms. The highest BCUT2D eigenvalue weighted by Crippen LogP contribution is 2.37. The van der Waals surface area contributed by atoms with Crippen LogP contribution in [0.5, 0.6) is 0 Å². The maximum absolute atomic E-state index is 7.25. The summed E-state index contributed by atoms with van der Waals surface area (Å²) in [7, 11) is -7.85. The lowest BCUT2D eigenvalue weighted by molar-refractivity contribution is 0.300. The molecule has 164 valence electrons. The average Bonchev–Trinajstić information content (AvgIpc) is 2.74. The van der Waals surface area contributed by atoms with E-state index in [0.29, 0.717) is 0 Å². The van der Waals surface area contributed by atoms with Crippen molar-refractivity contribution < 1.29 is 12.3 Å². The second-order valence-corrected chi connectivity index (χ2v) is 25.9. The summed E-state index contributed by atoms with van der Waals surface area (Å²) in [6.45, 7) is 23.1. The molecule has 27 heavy (non-hydrogen) atoms. The minimum atomic E-state index is -2.24. The van der Waals surface area contributed by atoms with Gasteiger partial charge in [-0.2, -0.15) is 0 Å². The zero-order chi connectivity index (χ0) is 21.2. The molecule has 0 atom stereocenters. The molecule has 0 amide bonds. The van der Waals surface area contributed by atoms with Crippen molar-refractivity contribution in [3.63, 3.8) is 0 Å². The van der Waals surface area contributed by atoms with Gasteiger partial charge in [0.1, 0.15) is 0 Å². The molecule has 0 bridgehead atoms. The Bertz CT molecular complexity index is 338. The molecule has 0 aromatic carbocycles. The molecule has 0 fully saturated rings. The fraction of sp³-hybridized carbons (Fsp3) is 1.00. The summed E-state index contributed by atoms with van der Waals surface area (Å²) in [4.78, 5) is 0. The van der Waals surface area contributed by atoms with Crippen LogP contribution in [-0.2, 0) is 12.3 Å². The Labute approximate surface area is 175 Å². The zero-order valence-corrected chi connectivity index (χ0v) is 24.3. The minimum Gasteiger partial charge on any atom is -0.436 e. The van der Waals surface area contributed by atoms with Crippen LogP contribution in [0.25, 0.3) is 0 Å². The van der Waals surface area contributed by atoms with E-state index < -0.39 is 33.8 Å². The molecule has 0 unspecified atom stereocenters. The van der Waals surface area contributed by atoms with E-state index in [4.69, 9.17) is 12.3 Å². The lowest BCUT2D eigenvalue weighted by atomic mass is 10.9. The van der Waals surface area contributed by atoms with Gasteiger partial charge in [-0.25, -0.2) is 0 Å². The van der Waals surface area contributed by atoms with Gasteiger partial charge >= 0.3 is 17.1 Å². The van der Waals surface area contributed by atoms with Gasteiger partial charge in [0.05, 0.1) is 0 Å². The Kier molecular flexibility index (Phi) is 12.8. The van der Waals surface area contributed by atoms with Crippen LogP contribution in [0.3, 0.4) is 0 Å². The summed E-state index contributed by atoms with van der Waals surface area (Å²) in [6, 6.07) is 11.4. The van der Waals surface area contributed by atoms with E-state index in [-0.39, 0.29) is 0 Å². The molecule has 0 saturated heterocycles.